The van der Waals surface area contributed by atoms with Crippen LogP contribution in [0.25, 0.3) is 0 Å². The fourth-order valence-electron chi connectivity index (χ4n) is 4.95. The van der Waals surface area contributed by atoms with Gasteiger partial charge in [-0.2, -0.15) is 0 Å². The van der Waals surface area contributed by atoms with Gasteiger partial charge in [0.2, 0.25) is 0 Å². The first-order valence-corrected chi connectivity index (χ1v) is 11.3. The minimum atomic E-state index is -0.185. The zero-order valence-electron chi connectivity index (χ0n) is 17.1. The van der Waals surface area contributed by atoms with E-state index < -0.39 is 0 Å². The fraction of sp³-hybridized carbons (Fsp3) is 0.909. The largest absolute Gasteiger partial charge is 0.465 e. The molecule has 28 heavy (non-hydrogen) atoms. The number of hydrogen-bond acceptors (Lipinski definition) is 6. The van der Waals surface area contributed by atoms with Gasteiger partial charge in [-0.05, 0) is 51.4 Å². The molecule has 0 aromatic heterocycles. The first kappa shape index (κ1) is 20.1. The van der Waals surface area contributed by atoms with Crippen molar-refractivity contribution in [1.29, 1.82) is 0 Å². The van der Waals surface area contributed by atoms with Crippen LogP contribution in [-0.2, 0) is 28.5 Å². The molecule has 2 aliphatic carbocycles. The summed E-state index contributed by atoms with van der Waals surface area (Å²) in [5, 5.41) is 0. The summed E-state index contributed by atoms with van der Waals surface area (Å²) >= 11 is 0. The molecule has 0 spiro atoms. The summed E-state index contributed by atoms with van der Waals surface area (Å²) in [6.07, 6.45) is 8.91. The van der Waals surface area contributed by atoms with Gasteiger partial charge in [0, 0.05) is 5.92 Å². The van der Waals surface area contributed by atoms with E-state index in [4.69, 9.17) is 18.9 Å². The van der Waals surface area contributed by atoms with Gasteiger partial charge < -0.3 is 18.9 Å². The molecule has 158 valence electrons. The summed E-state index contributed by atoms with van der Waals surface area (Å²) in [4.78, 5) is 25.2. The van der Waals surface area contributed by atoms with Gasteiger partial charge in [0.25, 0.3) is 0 Å². The van der Waals surface area contributed by atoms with E-state index in [1.165, 1.54) is 0 Å². The van der Waals surface area contributed by atoms with Gasteiger partial charge in [-0.15, -0.1) is 0 Å². The number of fused-ring (bicyclic) bond motifs is 2. The van der Waals surface area contributed by atoms with Gasteiger partial charge in [-0.3, -0.25) is 9.59 Å². The SMILES string of the molecule is CCCC(OC(=O)C1CCC2OC2C1)C(CC)COC(=O)C1CCC2OC2C1. The van der Waals surface area contributed by atoms with Crippen LogP contribution in [0.2, 0.25) is 0 Å². The van der Waals surface area contributed by atoms with Crippen molar-refractivity contribution >= 4 is 11.9 Å². The van der Waals surface area contributed by atoms with Crippen LogP contribution in [-0.4, -0.2) is 49.1 Å². The van der Waals surface area contributed by atoms with Gasteiger partial charge >= 0.3 is 11.9 Å². The molecule has 0 radical (unpaired) electrons. The van der Waals surface area contributed by atoms with E-state index in [0.29, 0.717) is 18.8 Å². The highest BCUT2D eigenvalue weighted by atomic mass is 16.6. The average molecular weight is 395 g/mol. The highest BCUT2D eigenvalue weighted by Gasteiger charge is 2.47. The Balaban J connectivity index is 1.26. The fourth-order valence-corrected chi connectivity index (χ4v) is 4.95. The van der Waals surface area contributed by atoms with Gasteiger partial charge in [0.05, 0.1) is 42.9 Å². The van der Waals surface area contributed by atoms with Crippen LogP contribution in [0.1, 0.15) is 71.6 Å². The van der Waals surface area contributed by atoms with E-state index in [1.807, 2.05) is 0 Å². The quantitative estimate of drug-likeness (QED) is 0.441. The van der Waals surface area contributed by atoms with E-state index >= 15 is 0 Å². The topological polar surface area (TPSA) is 77.7 Å². The Morgan fingerprint density at radius 1 is 0.893 bits per heavy atom. The second kappa shape index (κ2) is 8.70. The first-order chi connectivity index (χ1) is 13.6. The molecule has 2 aliphatic heterocycles. The van der Waals surface area contributed by atoms with E-state index in [-0.39, 0.29) is 48.0 Å². The van der Waals surface area contributed by atoms with E-state index in [1.54, 1.807) is 0 Å². The third-order valence-corrected chi connectivity index (χ3v) is 7.01. The van der Waals surface area contributed by atoms with Crippen LogP contribution in [0.5, 0.6) is 0 Å². The predicted molar refractivity (Wildman–Crippen MR) is 102 cm³/mol. The van der Waals surface area contributed by atoms with E-state index in [0.717, 1.165) is 57.8 Å². The summed E-state index contributed by atoms with van der Waals surface area (Å²) < 4.78 is 22.7. The van der Waals surface area contributed by atoms with Gasteiger partial charge in [-0.25, -0.2) is 0 Å². The van der Waals surface area contributed by atoms with Gasteiger partial charge in [0.1, 0.15) is 6.10 Å². The summed E-state index contributed by atoms with van der Waals surface area (Å²) in [7, 11) is 0. The number of esters is 2. The van der Waals surface area contributed by atoms with Crippen molar-refractivity contribution in [3.8, 4) is 0 Å². The molecule has 0 N–H and O–H groups in total. The Kier molecular flexibility index (Phi) is 6.26. The molecule has 6 heteroatoms. The first-order valence-electron chi connectivity index (χ1n) is 11.3. The number of hydrogen-bond donors (Lipinski definition) is 0. The lowest BCUT2D eigenvalue weighted by Crippen LogP contribution is -2.35. The maximum atomic E-state index is 12.7. The smallest absolute Gasteiger partial charge is 0.309 e. The lowest BCUT2D eigenvalue weighted by atomic mass is 9.89. The van der Waals surface area contributed by atoms with Gasteiger partial charge in [-0.1, -0.05) is 20.3 Å². The van der Waals surface area contributed by atoms with E-state index in [9.17, 15) is 9.59 Å². The molecule has 0 aromatic carbocycles. The highest BCUT2D eigenvalue weighted by molar-refractivity contribution is 5.73. The zero-order chi connectivity index (χ0) is 19.7. The molecule has 0 bridgehead atoms. The van der Waals surface area contributed by atoms with Crippen molar-refractivity contribution in [2.45, 2.75) is 102 Å². The Morgan fingerprint density at radius 2 is 1.50 bits per heavy atom. The van der Waals surface area contributed by atoms with Crippen molar-refractivity contribution < 1.29 is 28.5 Å². The molecule has 4 rings (SSSR count). The normalized spacial score (nSPS) is 37.8. The van der Waals surface area contributed by atoms with Crippen LogP contribution in [0, 0.1) is 17.8 Å². The maximum absolute atomic E-state index is 12.7. The molecule has 4 aliphatic rings. The number of epoxide rings is 2. The predicted octanol–water partition coefficient (Wildman–Crippen LogP) is 3.40. The number of ether oxygens (including phenoxy) is 4. The van der Waals surface area contributed by atoms with Crippen molar-refractivity contribution in [1.82, 2.24) is 0 Å². The number of rotatable bonds is 9. The lowest BCUT2D eigenvalue weighted by molar-refractivity contribution is -0.162. The Labute approximate surface area is 167 Å². The second-order valence-electron chi connectivity index (χ2n) is 9.01. The summed E-state index contributed by atoms with van der Waals surface area (Å²) in [5.41, 5.74) is 0. The molecular formula is C22H34O6. The molecule has 0 amide bonds. The highest BCUT2D eigenvalue weighted by Crippen LogP contribution is 2.41. The lowest BCUT2D eigenvalue weighted by Gasteiger charge is -2.29. The van der Waals surface area contributed by atoms with E-state index in [2.05, 4.69) is 13.8 Å². The zero-order valence-corrected chi connectivity index (χ0v) is 17.1. The summed E-state index contributed by atoms with van der Waals surface area (Å²) in [6.45, 7) is 4.50. The standard InChI is InChI=1S/C22H34O6/c1-3-5-16(28-22(24)15-7-9-18-20(11-15)27-18)13(4-2)12-25-21(23)14-6-8-17-19(10-14)26-17/h13-20H,3-12H2,1-2H3. The van der Waals surface area contributed by atoms with Crippen molar-refractivity contribution in [2.24, 2.45) is 17.8 Å². The molecule has 2 saturated heterocycles. The third-order valence-electron chi connectivity index (χ3n) is 7.01. The minimum absolute atomic E-state index is 0.0397. The molecule has 8 unspecified atom stereocenters. The number of carbonyl (C=O) groups excluding carboxylic acids is 2. The maximum Gasteiger partial charge on any atom is 0.309 e. The monoisotopic (exact) mass is 394 g/mol. The van der Waals surface area contributed by atoms with Gasteiger partial charge in [0.15, 0.2) is 0 Å². The molecule has 2 saturated carbocycles. The molecule has 8 atom stereocenters. The molecular weight excluding hydrogens is 360 g/mol. The van der Waals surface area contributed by atoms with Crippen molar-refractivity contribution in [3.05, 3.63) is 0 Å². The molecule has 4 fully saturated rings. The molecule has 2 heterocycles. The summed E-state index contributed by atoms with van der Waals surface area (Å²) in [5.74, 6) is -0.242. The van der Waals surface area contributed by atoms with Crippen LogP contribution in [0.4, 0.5) is 0 Å². The van der Waals surface area contributed by atoms with Crippen molar-refractivity contribution in [2.75, 3.05) is 6.61 Å². The number of carbonyl (C=O) groups is 2. The van der Waals surface area contributed by atoms with Crippen LogP contribution >= 0.6 is 0 Å². The third kappa shape index (κ3) is 4.70. The molecule has 0 aromatic rings. The summed E-state index contributed by atoms with van der Waals surface area (Å²) in [6, 6.07) is 0. The minimum Gasteiger partial charge on any atom is -0.465 e. The van der Waals surface area contributed by atoms with Crippen LogP contribution < -0.4 is 0 Å². The van der Waals surface area contributed by atoms with Crippen LogP contribution in [0.15, 0.2) is 0 Å². The Morgan fingerprint density at radius 3 is 2.04 bits per heavy atom. The average Bonchev–Trinajstić information content (AvgIpc) is 3.61. The second-order valence-corrected chi connectivity index (χ2v) is 9.01. The van der Waals surface area contributed by atoms with Crippen molar-refractivity contribution in [3.63, 3.8) is 0 Å². The van der Waals surface area contributed by atoms with Crippen LogP contribution in [0.3, 0.4) is 0 Å². The Hall–Kier alpha value is -1.14. The molecule has 6 nitrogen and oxygen atoms in total. The Bertz CT molecular complexity index is 577.